The van der Waals surface area contributed by atoms with Gasteiger partial charge in [0.05, 0.1) is 19.8 Å². The SMILES string of the molecule is Nc1cc2c(c(S(=O)(=O)NN3CCOCC3)c1)OCCC2. The summed E-state index contributed by atoms with van der Waals surface area (Å²) in [5, 5.41) is 1.64. The lowest BCUT2D eigenvalue weighted by atomic mass is 10.1. The fourth-order valence-corrected chi connectivity index (χ4v) is 3.89. The van der Waals surface area contributed by atoms with Crippen LogP contribution in [0.4, 0.5) is 5.69 Å². The monoisotopic (exact) mass is 313 g/mol. The molecule has 2 aliphatic heterocycles. The highest BCUT2D eigenvalue weighted by Crippen LogP contribution is 2.34. The molecule has 3 N–H and O–H groups in total. The van der Waals surface area contributed by atoms with Crippen molar-refractivity contribution in [2.75, 3.05) is 38.6 Å². The molecule has 0 spiro atoms. The zero-order valence-corrected chi connectivity index (χ0v) is 12.5. The average molecular weight is 313 g/mol. The summed E-state index contributed by atoms with van der Waals surface area (Å²) >= 11 is 0. The van der Waals surface area contributed by atoms with E-state index in [-0.39, 0.29) is 4.90 Å². The number of nitrogens with two attached hydrogens (primary N) is 1. The molecule has 0 radical (unpaired) electrons. The van der Waals surface area contributed by atoms with E-state index >= 15 is 0 Å². The zero-order chi connectivity index (χ0) is 14.9. The number of benzene rings is 1. The number of nitrogens with zero attached hydrogens (tertiary/aromatic N) is 1. The van der Waals surface area contributed by atoms with Gasteiger partial charge in [-0.3, -0.25) is 0 Å². The highest BCUT2D eigenvalue weighted by atomic mass is 32.2. The van der Waals surface area contributed by atoms with E-state index in [1.165, 1.54) is 6.07 Å². The number of hydrazine groups is 1. The Labute approximate surface area is 124 Å². The Bertz CT molecular complexity index is 627. The second-order valence-electron chi connectivity index (χ2n) is 5.15. The lowest BCUT2D eigenvalue weighted by Crippen LogP contribution is -2.48. The number of nitrogen functional groups attached to an aromatic ring is 1. The summed E-state index contributed by atoms with van der Waals surface area (Å²) in [6.07, 6.45) is 1.65. The predicted molar refractivity (Wildman–Crippen MR) is 77.4 cm³/mol. The lowest BCUT2D eigenvalue weighted by Gasteiger charge is -2.28. The third-order valence-corrected chi connectivity index (χ3v) is 4.92. The molecule has 0 aliphatic carbocycles. The standard InChI is InChI=1S/C13H19N3O4S/c14-11-8-10-2-1-5-20-13(10)12(9-11)21(17,18)15-16-3-6-19-7-4-16/h8-9,15H,1-7,14H2. The van der Waals surface area contributed by atoms with Crippen LogP contribution in [0.3, 0.4) is 0 Å². The Hall–Kier alpha value is -1.35. The first-order chi connectivity index (χ1) is 10.1. The molecule has 116 valence electrons. The van der Waals surface area contributed by atoms with Crippen LogP contribution in [0.5, 0.6) is 5.75 Å². The minimum atomic E-state index is -3.71. The topological polar surface area (TPSA) is 93.9 Å². The fourth-order valence-electron chi connectivity index (χ4n) is 2.54. The number of hydrogen-bond donors (Lipinski definition) is 2. The Kier molecular flexibility index (Phi) is 4.03. The normalized spacial score (nSPS) is 19.8. The number of sulfonamides is 1. The molecule has 1 fully saturated rings. The second kappa shape index (κ2) is 5.80. The fraction of sp³-hybridized carbons (Fsp3) is 0.538. The van der Waals surface area contributed by atoms with Crippen molar-refractivity contribution in [3.8, 4) is 5.75 Å². The van der Waals surface area contributed by atoms with E-state index in [2.05, 4.69) is 4.83 Å². The summed E-state index contributed by atoms with van der Waals surface area (Å²) < 4.78 is 36.0. The average Bonchev–Trinajstić information content (AvgIpc) is 2.47. The number of nitrogens with one attached hydrogen (secondary N) is 1. The van der Waals surface area contributed by atoms with Gasteiger partial charge in [-0.15, -0.1) is 4.83 Å². The first-order valence-electron chi connectivity index (χ1n) is 6.96. The van der Waals surface area contributed by atoms with Crippen molar-refractivity contribution in [2.45, 2.75) is 17.7 Å². The van der Waals surface area contributed by atoms with Crippen LogP contribution in [-0.2, 0) is 21.2 Å². The molecule has 7 nitrogen and oxygen atoms in total. The van der Waals surface area contributed by atoms with Crippen LogP contribution >= 0.6 is 0 Å². The number of fused-ring (bicyclic) bond motifs is 1. The predicted octanol–water partition coefficient (Wildman–Crippen LogP) is 0.119. The van der Waals surface area contributed by atoms with Gasteiger partial charge in [-0.25, -0.2) is 13.4 Å². The molecule has 1 saturated heterocycles. The van der Waals surface area contributed by atoms with E-state index in [0.717, 1.165) is 18.4 Å². The Morgan fingerprint density at radius 2 is 1.95 bits per heavy atom. The van der Waals surface area contributed by atoms with Gasteiger partial charge in [-0.05, 0) is 30.5 Å². The van der Waals surface area contributed by atoms with Crippen LogP contribution in [0.2, 0.25) is 0 Å². The van der Waals surface area contributed by atoms with Gasteiger partial charge in [0.15, 0.2) is 0 Å². The Balaban J connectivity index is 1.92. The lowest BCUT2D eigenvalue weighted by molar-refractivity contribution is 0.0272. The molecule has 1 aromatic carbocycles. The highest BCUT2D eigenvalue weighted by molar-refractivity contribution is 7.89. The number of hydrogen-bond acceptors (Lipinski definition) is 6. The van der Waals surface area contributed by atoms with Gasteiger partial charge in [-0.1, -0.05) is 0 Å². The Morgan fingerprint density at radius 3 is 2.71 bits per heavy atom. The molecule has 0 bridgehead atoms. The van der Waals surface area contributed by atoms with Crippen LogP contribution < -0.4 is 15.3 Å². The van der Waals surface area contributed by atoms with E-state index in [9.17, 15) is 8.42 Å². The molecule has 0 amide bonds. The summed E-state index contributed by atoms with van der Waals surface area (Å²) in [6, 6.07) is 3.23. The third-order valence-electron chi connectivity index (χ3n) is 3.54. The van der Waals surface area contributed by atoms with Gasteiger partial charge in [0.25, 0.3) is 10.0 Å². The molecule has 21 heavy (non-hydrogen) atoms. The van der Waals surface area contributed by atoms with Crippen molar-refractivity contribution < 1.29 is 17.9 Å². The molecule has 0 unspecified atom stereocenters. The van der Waals surface area contributed by atoms with E-state index < -0.39 is 10.0 Å². The summed E-state index contributed by atoms with van der Waals surface area (Å²) in [5.41, 5.74) is 7.11. The molecular weight excluding hydrogens is 294 g/mol. The van der Waals surface area contributed by atoms with Crippen molar-refractivity contribution in [2.24, 2.45) is 0 Å². The number of rotatable bonds is 3. The van der Waals surface area contributed by atoms with Crippen molar-refractivity contribution in [3.63, 3.8) is 0 Å². The summed E-state index contributed by atoms with van der Waals surface area (Å²) in [6.45, 7) is 2.58. The van der Waals surface area contributed by atoms with Gasteiger partial charge < -0.3 is 15.2 Å². The van der Waals surface area contributed by atoms with Crippen LogP contribution in [0.15, 0.2) is 17.0 Å². The molecule has 8 heteroatoms. The zero-order valence-electron chi connectivity index (χ0n) is 11.7. The molecule has 3 rings (SSSR count). The van der Waals surface area contributed by atoms with Crippen molar-refractivity contribution in [1.29, 1.82) is 0 Å². The van der Waals surface area contributed by atoms with Gasteiger partial charge in [0.2, 0.25) is 0 Å². The number of morpholine rings is 1. The summed E-state index contributed by atoms with van der Waals surface area (Å²) in [4.78, 5) is 2.69. The minimum absolute atomic E-state index is 0.115. The summed E-state index contributed by atoms with van der Waals surface area (Å²) in [7, 11) is -3.71. The van der Waals surface area contributed by atoms with Gasteiger partial charge in [-0.2, -0.15) is 0 Å². The van der Waals surface area contributed by atoms with Gasteiger partial charge >= 0.3 is 0 Å². The van der Waals surface area contributed by atoms with Crippen molar-refractivity contribution in [3.05, 3.63) is 17.7 Å². The van der Waals surface area contributed by atoms with Crippen molar-refractivity contribution >= 4 is 15.7 Å². The molecule has 0 atom stereocenters. The molecule has 2 heterocycles. The Morgan fingerprint density at radius 1 is 1.19 bits per heavy atom. The van der Waals surface area contributed by atoms with E-state index in [1.807, 2.05) is 0 Å². The minimum Gasteiger partial charge on any atom is -0.492 e. The highest BCUT2D eigenvalue weighted by Gasteiger charge is 2.27. The maximum Gasteiger partial charge on any atom is 0.257 e. The van der Waals surface area contributed by atoms with Gasteiger partial charge in [0, 0.05) is 18.8 Å². The van der Waals surface area contributed by atoms with E-state index in [1.54, 1.807) is 11.1 Å². The van der Waals surface area contributed by atoms with E-state index in [0.29, 0.717) is 44.3 Å². The van der Waals surface area contributed by atoms with E-state index in [4.69, 9.17) is 15.2 Å². The van der Waals surface area contributed by atoms with Crippen molar-refractivity contribution in [1.82, 2.24) is 9.84 Å². The third kappa shape index (κ3) is 3.13. The molecule has 0 aromatic heterocycles. The van der Waals surface area contributed by atoms with Crippen LogP contribution in [0, 0.1) is 0 Å². The molecule has 0 saturated carbocycles. The maximum atomic E-state index is 12.6. The molecular formula is C13H19N3O4S. The van der Waals surface area contributed by atoms with Crippen LogP contribution in [-0.4, -0.2) is 46.3 Å². The van der Waals surface area contributed by atoms with Gasteiger partial charge in [0.1, 0.15) is 10.6 Å². The molecule has 1 aromatic rings. The number of anilines is 1. The van der Waals surface area contributed by atoms with Crippen LogP contribution in [0.1, 0.15) is 12.0 Å². The maximum absolute atomic E-state index is 12.6. The van der Waals surface area contributed by atoms with Crippen LogP contribution in [0.25, 0.3) is 0 Å². The molecule has 2 aliphatic rings. The quantitative estimate of drug-likeness (QED) is 0.770. The number of aryl methyl sites for hydroxylation is 1. The smallest absolute Gasteiger partial charge is 0.257 e. The second-order valence-corrected chi connectivity index (χ2v) is 6.78. The number of ether oxygens (including phenoxy) is 2. The first kappa shape index (κ1) is 14.6. The largest absolute Gasteiger partial charge is 0.492 e. The first-order valence-corrected chi connectivity index (χ1v) is 8.45. The summed E-state index contributed by atoms with van der Waals surface area (Å²) in [5.74, 6) is 0.427.